The summed E-state index contributed by atoms with van der Waals surface area (Å²) in [5.41, 5.74) is 0. The highest BCUT2D eigenvalue weighted by Crippen LogP contribution is 2.22. The number of methoxy groups -OCH3 is 1. The van der Waals surface area contributed by atoms with Crippen LogP contribution >= 0.6 is 24.0 Å². The molecule has 0 spiro atoms. The van der Waals surface area contributed by atoms with Crippen molar-refractivity contribution in [3.05, 3.63) is 0 Å². The molecule has 0 bridgehead atoms. The molecule has 8 heteroatoms. The van der Waals surface area contributed by atoms with Crippen LogP contribution in [0.3, 0.4) is 0 Å². The van der Waals surface area contributed by atoms with Crippen molar-refractivity contribution in [3.63, 3.8) is 0 Å². The number of rotatable bonds is 7. The van der Waals surface area contributed by atoms with E-state index < -0.39 is 10.8 Å². The molecule has 1 saturated carbocycles. The van der Waals surface area contributed by atoms with Gasteiger partial charge in [-0.25, -0.2) is 0 Å². The Kier molecular flexibility index (Phi) is 12.7. The molecule has 0 aromatic heterocycles. The first-order chi connectivity index (χ1) is 11.0. The zero-order valence-electron chi connectivity index (χ0n) is 15.2. The van der Waals surface area contributed by atoms with Crippen molar-refractivity contribution in [2.75, 3.05) is 26.0 Å². The topological polar surface area (TPSA) is 79.8 Å². The molecule has 142 valence electrons. The Bertz CT molecular complexity index is 435. The standard InChI is InChI=1S/C16H31N3O3S.HI/c1-5-17-16(18-11-12(3)15(20)22-4)19-13-8-7-9-14(10-13)23(21)6-2;/h12-14H,5-11H2,1-4H3,(H2,17,18,19);1H. The highest BCUT2D eigenvalue weighted by Gasteiger charge is 2.26. The van der Waals surface area contributed by atoms with Gasteiger partial charge in [0.05, 0.1) is 19.6 Å². The number of aliphatic imine (C=N–C) groups is 1. The van der Waals surface area contributed by atoms with Gasteiger partial charge in [0, 0.05) is 34.4 Å². The van der Waals surface area contributed by atoms with Gasteiger partial charge in [0.2, 0.25) is 0 Å². The Morgan fingerprint density at radius 2 is 2.08 bits per heavy atom. The summed E-state index contributed by atoms with van der Waals surface area (Å²) in [6, 6.07) is 0.287. The van der Waals surface area contributed by atoms with Gasteiger partial charge in [-0.1, -0.05) is 20.3 Å². The first-order valence-electron chi connectivity index (χ1n) is 8.51. The fraction of sp³-hybridized carbons (Fsp3) is 0.875. The summed E-state index contributed by atoms with van der Waals surface area (Å²) < 4.78 is 16.8. The molecule has 0 aromatic rings. The molecular formula is C16H32IN3O3S. The Morgan fingerprint density at radius 3 is 2.67 bits per heavy atom. The second-order valence-corrected chi connectivity index (χ2v) is 7.95. The number of halogens is 1. The monoisotopic (exact) mass is 473 g/mol. The van der Waals surface area contributed by atoms with Gasteiger partial charge in [0.1, 0.15) is 0 Å². The number of nitrogens with one attached hydrogen (secondary N) is 2. The quantitative estimate of drug-likeness (QED) is 0.256. The number of nitrogens with zero attached hydrogens (tertiary/aromatic N) is 1. The van der Waals surface area contributed by atoms with Crippen LogP contribution in [0, 0.1) is 5.92 Å². The molecule has 0 amide bonds. The summed E-state index contributed by atoms with van der Waals surface area (Å²) >= 11 is 0. The number of ether oxygens (including phenoxy) is 1. The average Bonchev–Trinajstić information content (AvgIpc) is 2.58. The van der Waals surface area contributed by atoms with Crippen molar-refractivity contribution in [1.29, 1.82) is 0 Å². The number of hydrogen-bond donors (Lipinski definition) is 2. The number of carbonyl (C=O) groups is 1. The van der Waals surface area contributed by atoms with Gasteiger partial charge in [-0.3, -0.25) is 14.0 Å². The maximum absolute atomic E-state index is 12.0. The molecule has 0 radical (unpaired) electrons. The van der Waals surface area contributed by atoms with E-state index in [9.17, 15) is 9.00 Å². The zero-order chi connectivity index (χ0) is 17.2. The molecule has 0 aromatic carbocycles. The number of carbonyl (C=O) groups excluding carboxylic acids is 1. The van der Waals surface area contributed by atoms with E-state index in [2.05, 4.69) is 15.6 Å². The minimum Gasteiger partial charge on any atom is -0.469 e. The van der Waals surface area contributed by atoms with Crippen molar-refractivity contribution in [3.8, 4) is 0 Å². The van der Waals surface area contributed by atoms with Crippen LogP contribution in [0.4, 0.5) is 0 Å². The normalized spacial score (nSPS) is 23.6. The predicted octanol–water partition coefficient (Wildman–Crippen LogP) is 2.05. The highest BCUT2D eigenvalue weighted by molar-refractivity contribution is 14.0. The maximum Gasteiger partial charge on any atom is 0.310 e. The summed E-state index contributed by atoms with van der Waals surface area (Å²) in [4.78, 5) is 15.9. The van der Waals surface area contributed by atoms with E-state index in [1.807, 2.05) is 13.8 Å². The lowest BCUT2D eigenvalue weighted by atomic mass is 9.95. The van der Waals surface area contributed by atoms with E-state index in [1.54, 1.807) is 6.92 Å². The predicted molar refractivity (Wildman–Crippen MR) is 110 cm³/mol. The van der Waals surface area contributed by atoms with Crippen molar-refractivity contribution in [1.82, 2.24) is 10.6 Å². The third-order valence-electron chi connectivity index (χ3n) is 4.09. The summed E-state index contributed by atoms with van der Waals surface area (Å²) in [6.45, 7) is 6.94. The lowest BCUT2D eigenvalue weighted by Crippen LogP contribution is -2.46. The molecule has 2 N–H and O–H groups in total. The van der Waals surface area contributed by atoms with Crippen LogP contribution in [-0.4, -0.2) is 53.4 Å². The van der Waals surface area contributed by atoms with Crippen molar-refractivity contribution < 1.29 is 13.7 Å². The fourth-order valence-electron chi connectivity index (χ4n) is 2.77. The van der Waals surface area contributed by atoms with Gasteiger partial charge >= 0.3 is 5.97 Å². The van der Waals surface area contributed by atoms with Gasteiger partial charge in [-0.05, 0) is 26.2 Å². The molecule has 0 aliphatic heterocycles. The number of guanidine groups is 1. The minimum atomic E-state index is -0.733. The van der Waals surface area contributed by atoms with Crippen LogP contribution < -0.4 is 10.6 Å². The first kappa shape index (κ1) is 23.6. The van der Waals surface area contributed by atoms with Crippen LogP contribution in [0.1, 0.15) is 46.5 Å². The van der Waals surface area contributed by atoms with E-state index >= 15 is 0 Å². The molecule has 1 fully saturated rings. The third-order valence-corrected chi connectivity index (χ3v) is 5.84. The molecule has 1 aliphatic carbocycles. The van der Waals surface area contributed by atoms with Crippen molar-refractivity contribution in [2.24, 2.45) is 10.9 Å². The lowest BCUT2D eigenvalue weighted by molar-refractivity contribution is -0.144. The third kappa shape index (κ3) is 8.13. The smallest absolute Gasteiger partial charge is 0.310 e. The van der Waals surface area contributed by atoms with Crippen molar-refractivity contribution in [2.45, 2.75) is 57.7 Å². The Labute approximate surface area is 165 Å². The summed E-state index contributed by atoms with van der Waals surface area (Å²) in [6.07, 6.45) is 4.11. The minimum absolute atomic E-state index is 0. The second kappa shape index (κ2) is 12.9. The average molecular weight is 473 g/mol. The van der Waals surface area contributed by atoms with Crippen LogP contribution in [0.15, 0.2) is 4.99 Å². The summed E-state index contributed by atoms with van der Waals surface area (Å²) in [5, 5.41) is 6.92. The van der Waals surface area contributed by atoms with Gasteiger partial charge in [-0.2, -0.15) is 0 Å². The molecular weight excluding hydrogens is 441 g/mol. The Morgan fingerprint density at radius 1 is 1.38 bits per heavy atom. The number of hydrogen-bond acceptors (Lipinski definition) is 4. The molecule has 6 nitrogen and oxygen atoms in total. The largest absolute Gasteiger partial charge is 0.469 e. The zero-order valence-corrected chi connectivity index (χ0v) is 18.3. The highest BCUT2D eigenvalue weighted by atomic mass is 127. The Balaban J connectivity index is 0.00000529. The van der Waals surface area contributed by atoms with Crippen LogP contribution in [-0.2, 0) is 20.3 Å². The van der Waals surface area contributed by atoms with Crippen LogP contribution in [0.2, 0.25) is 0 Å². The molecule has 1 aliphatic rings. The molecule has 1 rings (SSSR count). The van der Waals surface area contributed by atoms with Crippen LogP contribution in [0.25, 0.3) is 0 Å². The van der Waals surface area contributed by atoms with Crippen LogP contribution in [0.5, 0.6) is 0 Å². The van der Waals surface area contributed by atoms with Gasteiger partial charge < -0.3 is 15.4 Å². The first-order valence-corrected chi connectivity index (χ1v) is 9.89. The molecule has 24 heavy (non-hydrogen) atoms. The molecule has 4 atom stereocenters. The van der Waals surface area contributed by atoms with Gasteiger partial charge in [0.15, 0.2) is 5.96 Å². The maximum atomic E-state index is 12.0. The summed E-state index contributed by atoms with van der Waals surface area (Å²) in [7, 11) is 0.658. The summed E-state index contributed by atoms with van der Waals surface area (Å²) in [5.74, 6) is 0.932. The van der Waals surface area contributed by atoms with E-state index in [1.165, 1.54) is 7.11 Å². The van der Waals surface area contributed by atoms with Crippen molar-refractivity contribution >= 4 is 46.7 Å². The van der Waals surface area contributed by atoms with E-state index in [0.29, 0.717) is 6.54 Å². The molecule has 0 heterocycles. The SMILES string of the molecule is CCNC(=NCC(C)C(=O)OC)NC1CCCC(S(=O)CC)C1.I. The number of esters is 1. The van der Waals surface area contributed by atoms with E-state index in [0.717, 1.165) is 43.9 Å². The van der Waals surface area contributed by atoms with Gasteiger partial charge in [-0.15, -0.1) is 24.0 Å². The lowest BCUT2D eigenvalue weighted by Gasteiger charge is -2.30. The molecule has 0 saturated heterocycles. The van der Waals surface area contributed by atoms with Gasteiger partial charge in [0.25, 0.3) is 0 Å². The second-order valence-electron chi connectivity index (χ2n) is 5.94. The van der Waals surface area contributed by atoms with E-state index in [-0.39, 0.29) is 47.2 Å². The Hall–Kier alpha value is -0.380. The molecule has 4 unspecified atom stereocenters. The van der Waals surface area contributed by atoms with E-state index in [4.69, 9.17) is 4.74 Å². The fourth-order valence-corrected chi connectivity index (χ4v) is 4.12.